The van der Waals surface area contributed by atoms with Crippen LogP contribution in [0.5, 0.6) is 5.75 Å². The molecule has 2 aromatic heterocycles. The summed E-state index contributed by atoms with van der Waals surface area (Å²) in [6.07, 6.45) is 2.30. The van der Waals surface area contributed by atoms with Crippen LogP contribution in [0.4, 0.5) is 11.5 Å². The maximum absolute atomic E-state index is 12.3. The van der Waals surface area contributed by atoms with Gasteiger partial charge in [0.25, 0.3) is 0 Å². The molecule has 4 rings (SSSR count). The van der Waals surface area contributed by atoms with E-state index in [0.29, 0.717) is 23.8 Å². The molecule has 1 aliphatic rings. The number of carbonyl (C=O) groups excluding carboxylic acids is 1. The van der Waals surface area contributed by atoms with Gasteiger partial charge in [-0.2, -0.15) is 4.98 Å². The van der Waals surface area contributed by atoms with E-state index < -0.39 is 0 Å². The lowest BCUT2D eigenvalue weighted by Crippen LogP contribution is -2.44. The van der Waals surface area contributed by atoms with Crippen LogP contribution in [0.3, 0.4) is 0 Å². The van der Waals surface area contributed by atoms with E-state index in [0.717, 1.165) is 43.3 Å². The second kappa shape index (κ2) is 9.57. The van der Waals surface area contributed by atoms with Gasteiger partial charge >= 0.3 is 0 Å². The number of benzene rings is 1. The number of nitrogens with one attached hydrogen (secondary N) is 1. The number of pyridine rings is 1. The van der Waals surface area contributed by atoms with Crippen molar-refractivity contribution in [3.63, 3.8) is 0 Å². The van der Waals surface area contributed by atoms with Crippen molar-refractivity contribution in [1.29, 1.82) is 0 Å². The van der Waals surface area contributed by atoms with Gasteiger partial charge in [-0.15, -0.1) is 0 Å². The minimum absolute atomic E-state index is 0.127. The Morgan fingerprint density at radius 3 is 2.58 bits per heavy atom. The van der Waals surface area contributed by atoms with Gasteiger partial charge in [-0.05, 0) is 43.4 Å². The molecule has 0 unspecified atom stereocenters. The summed E-state index contributed by atoms with van der Waals surface area (Å²) in [4.78, 5) is 25.7. The van der Waals surface area contributed by atoms with Crippen LogP contribution in [0.1, 0.15) is 12.3 Å². The number of anilines is 2. The number of aromatic nitrogens is 3. The molecule has 0 spiro atoms. The largest absolute Gasteiger partial charge is 0.497 e. The predicted octanol–water partition coefficient (Wildman–Crippen LogP) is 2.46. The Bertz CT molecular complexity index is 995. The minimum atomic E-state index is -0.127. The van der Waals surface area contributed by atoms with Crippen molar-refractivity contribution in [3.8, 4) is 17.1 Å². The molecule has 0 radical (unpaired) electrons. The molecule has 1 aromatic carbocycles. The van der Waals surface area contributed by atoms with Gasteiger partial charge < -0.3 is 24.4 Å². The molecule has 3 aromatic rings. The van der Waals surface area contributed by atoms with Gasteiger partial charge in [-0.1, -0.05) is 5.16 Å². The maximum Gasteiger partial charge on any atom is 0.227 e. The van der Waals surface area contributed by atoms with E-state index >= 15 is 0 Å². The molecular weight excluding hydrogens is 396 g/mol. The van der Waals surface area contributed by atoms with E-state index in [1.54, 1.807) is 13.3 Å². The molecule has 1 N–H and O–H groups in total. The van der Waals surface area contributed by atoms with Crippen molar-refractivity contribution in [2.24, 2.45) is 0 Å². The normalized spacial score (nSPS) is 14.5. The van der Waals surface area contributed by atoms with Crippen LogP contribution < -0.4 is 15.0 Å². The molecule has 3 heterocycles. The molecule has 0 bridgehead atoms. The molecule has 162 valence electrons. The fourth-order valence-corrected chi connectivity index (χ4v) is 3.34. The van der Waals surface area contributed by atoms with Crippen LogP contribution in [0.15, 0.2) is 47.1 Å². The number of piperazine rings is 1. The summed E-state index contributed by atoms with van der Waals surface area (Å²) >= 11 is 0. The van der Waals surface area contributed by atoms with Crippen molar-refractivity contribution in [2.75, 3.05) is 50.6 Å². The van der Waals surface area contributed by atoms with Gasteiger partial charge in [0.15, 0.2) is 0 Å². The summed E-state index contributed by atoms with van der Waals surface area (Å²) in [5.41, 5.74) is 1.50. The molecule has 31 heavy (non-hydrogen) atoms. The smallest absolute Gasteiger partial charge is 0.227 e. The molecule has 0 atom stereocenters. The lowest BCUT2D eigenvalue weighted by molar-refractivity contribution is -0.116. The van der Waals surface area contributed by atoms with Crippen LogP contribution in [0.2, 0.25) is 0 Å². The summed E-state index contributed by atoms with van der Waals surface area (Å²) in [6, 6.07) is 11.2. The topological polar surface area (TPSA) is 96.6 Å². The van der Waals surface area contributed by atoms with E-state index in [9.17, 15) is 4.79 Å². The monoisotopic (exact) mass is 422 g/mol. The van der Waals surface area contributed by atoms with Gasteiger partial charge in [-0.25, -0.2) is 4.98 Å². The second-order valence-corrected chi connectivity index (χ2v) is 7.48. The highest BCUT2D eigenvalue weighted by molar-refractivity contribution is 5.90. The van der Waals surface area contributed by atoms with Crippen molar-refractivity contribution in [3.05, 3.63) is 48.5 Å². The van der Waals surface area contributed by atoms with Crippen LogP contribution >= 0.6 is 0 Å². The zero-order chi connectivity index (χ0) is 21.6. The third-order valence-corrected chi connectivity index (χ3v) is 5.24. The predicted molar refractivity (Wildman–Crippen MR) is 117 cm³/mol. The average molecular weight is 422 g/mol. The second-order valence-electron chi connectivity index (χ2n) is 7.48. The SMILES string of the molecule is COc1ccc(-c2noc(CCC(=O)Nc3ccc(N4CCN(C)CC4)nc3)n2)cc1. The van der Waals surface area contributed by atoms with Crippen molar-refractivity contribution in [2.45, 2.75) is 12.8 Å². The Morgan fingerprint density at radius 2 is 1.90 bits per heavy atom. The van der Waals surface area contributed by atoms with E-state index in [4.69, 9.17) is 9.26 Å². The average Bonchev–Trinajstić information content (AvgIpc) is 3.28. The Hall–Kier alpha value is -3.46. The van der Waals surface area contributed by atoms with Gasteiger partial charge in [0.1, 0.15) is 11.6 Å². The molecule has 0 aliphatic carbocycles. The molecule has 9 nitrogen and oxygen atoms in total. The number of hydrogen-bond donors (Lipinski definition) is 1. The fraction of sp³-hybridized carbons (Fsp3) is 0.364. The lowest BCUT2D eigenvalue weighted by atomic mass is 10.2. The quantitative estimate of drug-likeness (QED) is 0.620. The summed E-state index contributed by atoms with van der Waals surface area (Å²) in [7, 11) is 3.74. The Balaban J connectivity index is 1.27. The lowest BCUT2D eigenvalue weighted by Gasteiger charge is -2.33. The van der Waals surface area contributed by atoms with E-state index in [1.807, 2.05) is 36.4 Å². The summed E-state index contributed by atoms with van der Waals surface area (Å²) < 4.78 is 10.4. The van der Waals surface area contributed by atoms with Gasteiger partial charge in [0.05, 0.1) is 19.0 Å². The molecule has 1 aliphatic heterocycles. The number of rotatable bonds is 7. The third-order valence-electron chi connectivity index (χ3n) is 5.24. The first-order valence-corrected chi connectivity index (χ1v) is 10.3. The Labute approximate surface area is 181 Å². The first kappa shape index (κ1) is 20.8. The van der Waals surface area contributed by atoms with E-state index in [1.165, 1.54) is 0 Å². The third kappa shape index (κ3) is 5.37. The molecule has 0 saturated carbocycles. The Morgan fingerprint density at radius 1 is 1.13 bits per heavy atom. The molecular formula is C22H26N6O3. The van der Waals surface area contributed by atoms with Crippen LogP contribution in [-0.2, 0) is 11.2 Å². The number of methoxy groups -OCH3 is 1. The summed E-state index contributed by atoms with van der Waals surface area (Å²) in [5, 5.41) is 6.85. The highest BCUT2D eigenvalue weighted by Gasteiger charge is 2.15. The van der Waals surface area contributed by atoms with Crippen molar-refractivity contribution >= 4 is 17.4 Å². The molecule has 9 heteroatoms. The highest BCUT2D eigenvalue weighted by Crippen LogP contribution is 2.20. The number of ether oxygens (including phenoxy) is 1. The number of aryl methyl sites for hydroxylation is 1. The van der Waals surface area contributed by atoms with Gasteiger partial charge in [0.2, 0.25) is 17.6 Å². The Kier molecular flexibility index (Phi) is 6.42. The highest BCUT2D eigenvalue weighted by atomic mass is 16.5. The van der Waals surface area contributed by atoms with Crippen molar-refractivity contribution < 1.29 is 14.1 Å². The van der Waals surface area contributed by atoms with Crippen LogP contribution in [-0.4, -0.2) is 66.3 Å². The standard InChI is InChI=1S/C22H26N6O3/c1-27-11-13-28(14-12-27)19-8-5-17(15-23-19)24-20(29)9-10-21-25-22(26-31-21)16-3-6-18(30-2)7-4-16/h3-8,15H,9-14H2,1-2H3,(H,24,29). The fourth-order valence-electron chi connectivity index (χ4n) is 3.34. The minimum Gasteiger partial charge on any atom is -0.497 e. The number of amides is 1. The number of likely N-dealkylation sites (N-methyl/N-ethyl adjacent to an activating group) is 1. The maximum atomic E-state index is 12.3. The zero-order valence-corrected chi connectivity index (χ0v) is 17.7. The molecule has 1 amide bonds. The number of nitrogens with zero attached hydrogens (tertiary/aromatic N) is 5. The van der Waals surface area contributed by atoms with Crippen molar-refractivity contribution in [1.82, 2.24) is 20.0 Å². The summed E-state index contributed by atoms with van der Waals surface area (Å²) in [5.74, 6) is 2.47. The van der Waals surface area contributed by atoms with Gasteiger partial charge in [0, 0.05) is 44.6 Å². The molecule has 1 fully saturated rings. The van der Waals surface area contributed by atoms with Crippen LogP contribution in [0.25, 0.3) is 11.4 Å². The zero-order valence-electron chi connectivity index (χ0n) is 17.7. The first-order chi connectivity index (χ1) is 15.1. The number of carbonyl (C=O) groups is 1. The molecule has 1 saturated heterocycles. The van der Waals surface area contributed by atoms with Gasteiger partial charge in [-0.3, -0.25) is 4.79 Å². The summed E-state index contributed by atoms with van der Waals surface area (Å²) in [6.45, 7) is 3.96. The first-order valence-electron chi connectivity index (χ1n) is 10.3. The van der Waals surface area contributed by atoms with E-state index in [-0.39, 0.29) is 12.3 Å². The number of hydrogen-bond acceptors (Lipinski definition) is 8. The van der Waals surface area contributed by atoms with E-state index in [2.05, 4.69) is 37.3 Å². The van der Waals surface area contributed by atoms with Crippen LogP contribution in [0, 0.1) is 0 Å².